The van der Waals surface area contributed by atoms with Crippen LogP contribution in [0.15, 0.2) is 0 Å². The Balaban J connectivity index is 1.78. The SMILES string of the molecule is Cc1nc(C(C)C)sc1C(=O)NCCCN1CCCC1=O. The molecule has 2 rings (SSSR count). The quantitative estimate of drug-likeness (QED) is 0.820. The fourth-order valence-corrected chi connectivity index (χ4v) is 3.35. The average Bonchev–Trinajstić information content (AvgIpc) is 3.01. The number of carbonyl (C=O) groups excluding carboxylic acids is 2. The maximum absolute atomic E-state index is 12.1. The molecule has 21 heavy (non-hydrogen) atoms. The third-order valence-corrected chi connectivity index (χ3v) is 5.03. The molecular weight excluding hydrogens is 286 g/mol. The number of aryl methyl sites for hydroxylation is 1. The summed E-state index contributed by atoms with van der Waals surface area (Å²) < 4.78 is 0. The van der Waals surface area contributed by atoms with Gasteiger partial charge in [0, 0.05) is 32.0 Å². The number of amides is 2. The molecule has 0 aromatic carbocycles. The van der Waals surface area contributed by atoms with Gasteiger partial charge in [0.1, 0.15) is 4.88 Å². The smallest absolute Gasteiger partial charge is 0.263 e. The molecule has 6 heteroatoms. The second-order valence-electron chi connectivity index (χ2n) is 5.72. The summed E-state index contributed by atoms with van der Waals surface area (Å²) in [5, 5.41) is 3.92. The number of nitrogens with zero attached hydrogens (tertiary/aromatic N) is 2. The van der Waals surface area contributed by atoms with Gasteiger partial charge < -0.3 is 10.2 Å². The summed E-state index contributed by atoms with van der Waals surface area (Å²) in [6.45, 7) is 8.22. The van der Waals surface area contributed by atoms with Crippen LogP contribution in [0.5, 0.6) is 0 Å². The molecule has 0 aliphatic carbocycles. The third kappa shape index (κ3) is 4.03. The van der Waals surface area contributed by atoms with Crippen LogP contribution in [0.2, 0.25) is 0 Å². The van der Waals surface area contributed by atoms with Crippen LogP contribution in [0.25, 0.3) is 0 Å². The average molecular weight is 309 g/mol. The molecule has 2 heterocycles. The predicted molar refractivity (Wildman–Crippen MR) is 83.7 cm³/mol. The van der Waals surface area contributed by atoms with E-state index in [9.17, 15) is 9.59 Å². The molecule has 1 N–H and O–H groups in total. The van der Waals surface area contributed by atoms with E-state index in [1.165, 1.54) is 11.3 Å². The van der Waals surface area contributed by atoms with E-state index in [2.05, 4.69) is 24.1 Å². The van der Waals surface area contributed by atoms with Gasteiger partial charge in [0.15, 0.2) is 0 Å². The highest BCUT2D eigenvalue weighted by molar-refractivity contribution is 7.13. The zero-order chi connectivity index (χ0) is 15.4. The number of likely N-dealkylation sites (tertiary alicyclic amines) is 1. The fourth-order valence-electron chi connectivity index (χ4n) is 2.37. The van der Waals surface area contributed by atoms with Crippen molar-refractivity contribution >= 4 is 23.2 Å². The molecule has 5 nitrogen and oxygen atoms in total. The molecule has 0 bridgehead atoms. The second kappa shape index (κ2) is 7.02. The van der Waals surface area contributed by atoms with E-state index in [0.717, 1.165) is 36.6 Å². The number of hydrogen-bond acceptors (Lipinski definition) is 4. The number of carbonyl (C=O) groups is 2. The van der Waals surface area contributed by atoms with Gasteiger partial charge in [-0.05, 0) is 19.8 Å². The van der Waals surface area contributed by atoms with E-state index in [1.807, 2.05) is 11.8 Å². The standard InChI is InChI=1S/C15H23N3O2S/c1-10(2)15-17-11(3)13(21-15)14(20)16-7-5-9-18-8-4-6-12(18)19/h10H,4-9H2,1-3H3,(H,16,20). The molecule has 1 saturated heterocycles. The van der Waals surface area contributed by atoms with Crippen LogP contribution < -0.4 is 5.32 Å². The highest BCUT2D eigenvalue weighted by atomic mass is 32.1. The van der Waals surface area contributed by atoms with Gasteiger partial charge in [-0.1, -0.05) is 13.8 Å². The minimum absolute atomic E-state index is 0.0513. The van der Waals surface area contributed by atoms with Crippen molar-refractivity contribution in [2.45, 2.75) is 46.0 Å². The van der Waals surface area contributed by atoms with Crippen molar-refractivity contribution in [2.24, 2.45) is 0 Å². The normalized spacial score (nSPS) is 15.0. The maximum atomic E-state index is 12.1. The van der Waals surface area contributed by atoms with Crippen molar-refractivity contribution < 1.29 is 9.59 Å². The Hall–Kier alpha value is -1.43. The van der Waals surface area contributed by atoms with Crippen molar-refractivity contribution in [2.75, 3.05) is 19.6 Å². The van der Waals surface area contributed by atoms with Crippen LogP contribution in [0.1, 0.15) is 59.4 Å². The molecule has 0 spiro atoms. The second-order valence-corrected chi connectivity index (χ2v) is 6.75. The lowest BCUT2D eigenvalue weighted by atomic mass is 10.2. The van der Waals surface area contributed by atoms with E-state index >= 15 is 0 Å². The highest BCUT2D eigenvalue weighted by Crippen LogP contribution is 2.24. The maximum Gasteiger partial charge on any atom is 0.263 e. The predicted octanol–water partition coefficient (Wildman–Crippen LogP) is 2.32. The van der Waals surface area contributed by atoms with Crippen LogP contribution in [0.4, 0.5) is 0 Å². The molecule has 2 amide bonds. The zero-order valence-corrected chi connectivity index (χ0v) is 13.8. The summed E-state index contributed by atoms with van der Waals surface area (Å²) in [7, 11) is 0. The third-order valence-electron chi connectivity index (χ3n) is 3.58. The summed E-state index contributed by atoms with van der Waals surface area (Å²) >= 11 is 1.47. The first-order valence-electron chi connectivity index (χ1n) is 7.52. The lowest BCUT2D eigenvalue weighted by molar-refractivity contribution is -0.127. The van der Waals surface area contributed by atoms with E-state index < -0.39 is 0 Å². The molecule has 1 fully saturated rings. The minimum Gasteiger partial charge on any atom is -0.351 e. The molecular formula is C15H23N3O2S. The molecule has 0 saturated carbocycles. The van der Waals surface area contributed by atoms with Crippen LogP contribution in [0, 0.1) is 6.92 Å². The molecule has 116 valence electrons. The number of aromatic nitrogens is 1. The van der Waals surface area contributed by atoms with E-state index in [1.54, 1.807) is 0 Å². The summed E-state index contributed by atoms with van der Waals surface area (Å²) in [5.74, 6) is 0.530. The van der Waals surface area contributed by atoms with Crippen LogP contribution in [-0.4, -0.2) is 41.3 Å². The number of thiazole rings is 1. The van der Waals surface area contributed by atoms with Crippen LogP contribution >= 0.6 is 11.3 Å². The first-order chi connectivity index (χ1) is 9.99. The molecule has 1 aromatic rings. The summed E-state index contributed by atoms with van der Waals surface area (Å²) in [6, 6.07) is 0. The number of rotatable bonds is 6. The molecule has 1 aromatic heterocycles. The highest BCUT2D eigenvalue weighted by Gasteiger charge is 2.20. The van der Waals surface area contributed by atoms with E-state index in [-0.39, 0.29) is 11.8 Å². The Morgan fingerprint density at radius 1 is 1.48 bits per heavy atom. The van der Waals surface area contributed by atoms with Crippen LogP contribution in [-0.2, 0) is 4.79 Å². The Bertz CT molecular complexity index is 525. The molecule has 1 aliphatic heterocycles. The van der Waals surface area contributed by atoms with Gasteiger partial charge in [-0.25, -0.2) is 4.98 Å². The monoisotopic (exact) mass is 309 g/mol. The minimum atomic E-state index is -0.0513. The lowest BCUT2D eigenvalue weighted by Gasteiger charge is -2.15. The largest absolute Gasteiger partial charge is 0.351 e. The molecule has 0 radical (unpaired) electrons. The Kier molecular flexibility index (Phi) is 5.33. The molecule has 0 atom stereocenters. The Labute approximate surface area is 129 Å². The van der Waals surface area contributed by atoms with Crippen molar-refractivity contribution in [1.29, 1.82) is 0 Å². The topological polar surface area (TPSA) is 62.3 Å². The van der Waals surface area contributed by atoms with Gasteiger partial charge in [-0.3, -0.25) is 9.59 Å². The van der Waals surface area contributed by atoms with Gasteiger partial charge in [0.25, 0.3) is 5.91 Å². The zero-order valence-electron chi connectivity index (χ0n) is 12.9. The molecule has 0 unspecified atom stereocenters. The molecule has 1 aliphatic rings. The van der Waals surface area contributed by atoms with E-state index in [0.29, 0.717) is 23.8 Å². The summed E-state index contributed by atoms with van der Waals surface area (Å²) in [4.78, 5) is 30.6. The van der Waals surface area contributed by atoms with Crippen molar-refractivity contribution in [3.63, 3.8) is 0 Å². The Morgan fingerprint density at radius 3 is 2.81 bits per heavy atom. The summed E-state index contributed by atoms with van der Waals surface area (Å²) in [6.07, 6.45) is 2.43. The number of hydrogen-bond donors (Lipinski definition) is 1. The van der Waals surface area contributed by atoms with Crippen LogP contribution in [0.3, 0.4) is 0 Å². The first-order valence-corrected chi connectivity index (χ1v) is 8.34. The Morgan fingerprint density at radius 2 is 2.24 bits per heavy atom. The lowest BCUT2D eigenvalue weighted by Crippen LogP contribution is -2.30. The first kappa shape index (κ1) is 15.9. The van der Waals surface area contributed by atoms with Crippen molar-refractivity contribution in [1.82, 2.24) is 15.2 Å². The summed E-state index contributed by atoms with van der Waals surface area (Å²) in [5.41, 5.74) is 0.802. The van der Waals surface area contributed by atoms with Gasteiger partial charge in [-0.15, -0.1) is 11.3 Å². The van der Waals surface area contributed by atoms with Gasteiger partial charge in [0.05, 0.1) is 10.7 Å². The van der Waals surface area contributed by atoms with Crippen molar-refractivity contribution in [3.05, 3.63) is 15.6 Å². The van der Waals surface area contributed by atoms with Gasteiger partial charge in [-0.2, -0.15) is 0 Å². The van der Waals surface area contributed by atoms with Crippen molar-refractivity contribution in [3.8, 4) is 0 Å². The van der Waals surface area contributed by atoms with Gasteiger partial charge >= 0.3 is 0 Å². The fraction of sp³-hybridized carbons (Fsp3) is 0.667. The van der Waals surface area contributed by atoms with E-state index in [4.69, 9.17) is 0 Å². The van der Waals surface area contributed by atoms with Gasteiger partial charge in [0.2, 0.25) is 5.91 Å². The number of nitrogens with one attached hydrogen (secondary N) is 1.